The van der Waals surface area contributed by atoms with Gasteiger partial charge in [0.25, 0.3) is 10.0 Å². The van der Waals surface area contributed by atoms with Crippen molar-refractivity contribution in [3.05, 3.63) is 54.0 Å². The maximum Gasteiger partial charge on any atom is 0.264 e. The predicted molar refractivity (Wildman–Crippen MR) is 84.6 cm³/mol. The lowest BCUT2D eigenvalue weighted by atomic mass is 10.2. The minimum absolute atomic E-state index is 0.0174. The number of nitriles is 1. The summed E-state index contributed by atoms with van der Waals surface area (Å²) >= 11 is 0. The van der Waals surface area contributed by atoms with Crippen LogP contribution in [0.2, 0.25) is 0 Å². The summed E-state index contributed by atoms with van der Waals surface area (Å²) in [6.07, 6.45) is 1.31. The highest BCUT2D eigenvalue weighted by atomic mass is 32.2. The Morgan fingerprint density at radius 3 is 2.70 bits per heavy atom. The van der Waals surface area contributed by atoms with Crippen LogP contribution in [0.1, 0.15) is 5.56 Å². The van der Waals surface area contributed by atoms with Crippen molar-refractivity contribution in [1.29, 1.82) is 5.26 Å². The van der Waals surface area contributed by atoms with Crippen molar-refractivity contribution in [2.75, 3.05) is 10.5 Å². The number of fused-ring (bicyclic) bond motifs is 1. The van der Waals surface area contributed by atoms with Crippen molar-refractivity contribution in [1.82, 2.24) is 4.98 Å². The first-order chi connectivity index (χ1) is 10.9. The molecule has 116 valence electrons. The normalized spacial score (nSPS) is 11.3. The largest absolute Gasteiger partial charge is 0.399 e. The van der Waals surface area contributed by atoms with Crippen LogP contribution in [-0.4, -0.2) is 13.4 Å². The number of rotatable bonds is 3. The standard InChI is InChI=1S/C15H11FN4O2S/c16-12-5-9(7-17)1-4-13(12)20-23(21,22)15-8-19-14-6-10(18)2-3-11(14)15/h1-6,8,19-20H,18H2. The molecule has 0 fully saturated rings. The third-order valence-corrected chi connectivity index (χ3v) is 4.71. The molecule has 0 bridgehead atoms. The fraction of sp³-hybridized carbons (Fsp3) is 0. The number of benzene rings is 2. The van der Waals surface area contributed by atoms with Crippen LogP contribution in [0, 0.1) is 17.1 Å². The van der Waals surface area contributed by atoms with Gasteiger partial charge in [0.2, 0.25) is 0 Å². The zero-order valence-electron chi connectivity index (χ0n) is 11.7. The summed E-state index contributed by atoms with van der Waals surface area (Å²) in [5, 5.41) is 9.15. The number of aromatic nitrogens is 1. The van der Waals surface area contributed by atoms with Crippen molar-refractivity contribution in [3.63, 3.8) is 0 Å². The lowest BCUT2D eigenvalue weighted by molar-refractivity contribution is 0.599. The predicted octanol–water partition coefficient (Wildman–Crippen LogP) is 2.56. The zero-order valence-corrected chi connectivity index (χ0v) is 12.5. The Hall–Kier alpha value is -3.05. The number of nitrogens with zero attached hydrogens (tertiary/aromatic N) is 1. The Morgan fingerprint density at radius 1 is 1.22 bits per heavy atom. The molecule has 0 atom stereocenters. The molecular formula is C15H11FN4O2S. The van der Waals surface area contributed by atoms with Gasteiger partial charge in [-0.15, -0.1) is 0 Å². The van der Waals surface area contributed by atoms with Crippen molar-refractivity contribution in [2.45, 2.75) is 4.90 Å². The molecule has 0 saturated heterocycles. The van der Waals surface area contributed by atoms with E-state index in [1.165, 1.54) is 18.3 Å². The molecule has 3 rings (SSSR count). The van der Waals surface area contributed by atoms with E-state index in [0.717, 1.165) is 6.07 Å². The van der Waals surface area contributed by atoms with Gasteiger partial charge in [-0.1, -0.05) is 0 Å². The van der Waals surface area contributed by atoms with Crippen LogP contribution in [-0.2, 0) is 10.0 Å². The Bertz CT molecular complexity index is 1050. The third kappa shape index (κ3) is 2.69. The molecule has 0 unspecified atom stereocenters. The van der Waals surface area contributed by atoms with Crippen LogP contribution in [0.5, 0.6) is 0 Å². The lowest BCUT2D eigenvalue weighted by Crippen LogP contribution is -2.13. The van der Waals surface area contributed by atoms with Crippen molar-refractivity contribution >= 4 is 32.3 Å². The molecule has 8 heteroatoms. The zero-order chi connectivity index (χ0) is 16.6. The van der Waals surface area contributed by atoms with Gasteiger partial charge in [0, 0.05) is 22.8 Å². The second-order valence-corrected chi connectivity index (χ2v) is 6.52. The van der Waals surface area contributed by atoms with Gasteiger partial charge in [-0.05, 0) is 36.4 Å². The van der Waals surface area contributed by atoms with Crippen molar-refractivity contribution in [2.24, 2.45) is 0 Å². The van der Waals surface area contributed by atoms with E-state index in [1.54, 1.807) is 24.3 Å². The Kier molecular flexibility index (Phi) is 3.42. The van der Waals surface area contributed by atoms with E-state index in [-0.39, 0.29) is 16.1 Å². The molecule has 1 aromatic heterocycles. The fourth-order valence-electron chi connectivity index (χ4n) is 2.21. The third-order valence-electron chi connectivity index (χ3n) is 3.30. The van der Waals surface area contributed by atoms with E-state index in [2.05, 4.69) is 9.71 Å². The number of hydrogen-bond donors (Lipinski definition) is 3. The van der Waals surface area contributed by atoms with Crippen LogP contribution < -0.4 is 10.5 Å². The average molecular weight is 330 g/mol. The number of nitrogens with one attached hydrogen (secondary N) is 2. The van der Waals surface area contributed by atoms with E-state index < -0.39 is 15.8 Å². The second kappa shape index (κ2) is 5.30. The highest BCUT2D eigenvalue weighted by Crippen LogP contribution is 2.27. The number of nitrogen functional groups attached to an aromatic ring is 1. The average Bonchev–Trinajstić information content (AvgIpc) is 2.93. The second-order valence-electron chi connectivity index (χ2n) is 4.87. The Balaban J connectivity index is 2.03. The quantitative estimate of drug-likeness (QED) is 0.641. The first-order valence-corrected chi connectivity index (χ1v) is 7.98. The first-order valence-electron chi connectivity index (χ1n) is 6.50. The summed E-state index contributed by atoms with van der Waals surface area (Å²) < 4.78 is 41.0. The van der Waals surface area contributed by atoms with Crippen LogP contribution in [0.15, 0.2) is 47.5 Å². The number of sulfonamides is 1. The van der Waals surface area contributed by atoms with Gasteiger partial charge in [0.05, 0.1) is 17.3 Å². The van der Waals surface area contributed by atoms with Gasteiger partial charge in [0.1, 0.15) is 10.7 Å². The molecule has 23 heavy (non-hydrogen) atoms. The van der Waals surface area contributed by atoms with Gasteiger partial charge in [-0.3, -0.25) is 4.72 Å². The van der Waals surface area contributed by atoms with E-state index in [1.807, 2.05) is 0 Å². The van der Waals surface area contributed by atoms with E-state index >= 15 is 0 Å². The summed E-state index contributed by atoms with van der Waals surface area (Å²) in [6.45, 7) is 0. The molecular weight excluding hydrogens is 319 g/mol. The van der Waals surface area contributed by atoms with Gasteiger partial charge < -0.3 is 10.7 Å². The SMILES string of the molecule is N#Cc1ccc(NS(=O)(=O)c2c[nH]c3cc(N)ccc23)c(F)c1. The number of anilines is 2. The maximum absolute atomic E-state index is 13.9. The van der Waals surface area contributed by atoms with E-state index in [9.17, 15) is 12.8 Å². The fourth-order valence-corrected chi connectivity index (χ4v) is 3.45. The Morgan fingerprint density at radius 2 is 2.00 bits per heavy atom. The number of nitrogens with two attached hydrogens (primary N) is 1. The summed E-state index contributed by atoms with van der Waals surface area (Å²) in [5.74, 6) is -0.822. The molecule has 1 heterocycles. The maximum atomic E-state index is 13.9. The van der Waals surface area contributed by atoms with E-state index in [0.29, 0.717) is 16.6 Å². The van der Waals surface area contributed by atoms with Crippen molar-refractivity contribution in [3.8, 4) is 6.07 Å². The van der Waals surface area contributed by atoms with E-state index in [4.69, 9.17) is 11.0 Å². The number of H-pyrrole nitrogens is 1. The van der Waals surface area contributed by atoms with Crippen LogP contribution >= 0.6 is 0 Å². The first kappa shape index (κ1) is 14.9. The number of halogens is 1. The molecule has 3 aromatic rings. The molecule has 0 aliphatic heterocycles. The molecule has 2 aromatic carbocycles. The van der Waals surface area contributed by atoms with Gasteiger partial charge >= 0.3 is 0 Å². The molecule has 0 saturated carbocycles. The Labute approximate surface area is 131 Å². The molecule has 0 aliphatic carbocycles. The minimum Gasteiger partial charge on any atom is -0.399 e. The summed E-state index contributed by atoms with van der Waals surface area (Å²) in [7, 11) is -4.00. The summed E-state index contributed by atoms with van der Waals surface area (Å²) in [4.78, 5) is 2.80. The molecule has 0 amide bonds. The number of hydrogen-bond acceptors (Lipinski definition) is 4. The molecule has 4 N–H and O–H groups in total. The monoisotopic (exact) mass is 330 g/mol. The molecule has 0 aliphatic rings. The topological polar surface area (TPSA) is 112 Å². The van der Waals surface area contributed by atoms with Crippen LogP contribution in [0.4, 0.5) is 15.8 Å². The molecule has 0 radical (unpaired) electrons. The highest BCUT2D eigenvalue weighted by molar-refractivity contribution is 7.93. The smallest absolute Gasteiger partial charge is 0.264 e. The number of aromatic amines is 1. The van der Waals surface area contributed by atoms with Gasteiger partial charge in [0.15, 0.2) is 0 Å². The lowest BCUT2D eigenvalue weighted by Gasteiger charge is -2.08. The van der Waals surface area contributed by atoms with Crippen LogP contribution in [0.3, 0.4) is 0 Å². The highest BCUT2D eigenvalue weighted by Gasteiger charge is 2.20. The van der Waals surface area contributed by atoms with Crippen LogP contribution in [0.25, 0.3) is 10.9 Å². The van der Waals surface area contributed by atoms with Gasteiger partial charge in [-0.2, -0.15) is 5.26 Å². The minimum atomic E-state index is -4.00. The van der Waals surface area contributed by atoms with Crippen molar-refractivity contribution < 1.29 is 12.8 Å². The summed E-state index contributed by atoms with van der Waals surface area (Å²) in [5.41, 5.74) is 6.58. The molecule has 0 spiro atoms. The summed E-state index contributed by atoms with van der Waals surface area (Å²) in [6, 6.07) is 10.0. The van der Waals surface area contributed by atoms with Gasteiger partial charge in [-0.25, -0.2) is 12.8 Å². The molecule has 6 nitrogen and oxygen atoms in total.